The molecule has 0 heterocycles. The predicted molar refractivity (Wildman–Crippen MR) is 74.3 cm³/mol. The number of hydrogen-bond acceptors (Lipinski definition) is 1. The van der Waals surface area contributed by atoms with Crippen LogP contribution in [0.1, 0.15) is 43.7 Å². The van der Waals surface area contributed by atoms with Crippen molar-refractivity contribution in [1.29, 1.82) is 0 Å². The van der Waals surface area contributed by atoms with E-state index in [-0.39, 0.29) is 0 Å². The molecule has 1 N–H and O–H groups in total. The summed E-state index contributed by atoms with van der Waals surface area (Å²) in [7, 11) is 0. The molecule has 17 heavy (non-hydrogen) atoms. The van der Waals surface area contributed by atoms with Crippen LogP contribution in [0.15, 0.2) is 24.3 Å². The van der Waals surface area contributed by atoms with Crippen molar-refractivity contribution in [1.82, 2.24) is 5.32 Å². The van der Waals surface area contributed by atoms with Gasteiger partial charge in [0.15, 0.2) is 0 Å². The maximum Gasteiger partial charge on any atom is 0.00414 e. The molecule has 1 aromatic carbocycles. The van der Waals surface area contributed by atoms with Crippen LogP contribution in [0.5, 0.6) is 0 Å². The summed E-state index contributed by atoms with van der Waals surface area (Å²) < 4.78 is 0. The fraction of sp³-hybridized carbons (Fsp3) is 0.625. The van der Waals surface area contributed by atoms with E-state index >= 15 is 0 Å². The fourth-order valence-corrected chi connectivity index (χ4v) is 2.66. The Bertz CT molecular complexity index is 341. The first-order valence-corrected chi connectivity index (χ1v) is 7.03. The number of nitrogens with one attached hydrogen (secondary N) is 1. The van der Waals surface area contributed by atoms with E-state index in [1.165, 1.54) is 36.8 Å². The average Bonchev–Trinajstić information content (AvgIpc) is 2.26. The van der Waals surface area contributed by atoms with Crippen LogP contribution >= 0.6 is 0 Å². The lowest BCUT2D eigenvalue weighted by Crippen LogP contribution is -2.31. The summed E-state index contributed by atoms with van der Waals surface area (Å²) in [6.07, 6.45) is 6.91. The first kappa shape index (κ1) is 12.6. The minimum absolute atomic E-state index is 0.685. The minimum atomic E-state index is 0.685. The van der Waals surface area contributed by atoms with Gasteiger partial charge in [0.2, 0.25) is 0 Å². The fourth-order valence-electron chi connectivity index (χ4n) is 2.66. The Morgan fingerprint density at radius 3 is 2.71 bits per heavy atom. The molecule has 0 radical (unpaired) electrons. The lowest BCUT2D eigenvalue weighted by Gasteiger charge is -2.28. The zero-order valence-electron chi connectivity index (χ0n) is 11.2. The Hall–Kier alpha value is -0.820. The topological polar surface area (TPSA) is 12.0 Å². The molecular formula is C16H25N. The number of rotatable bonds is 6. The van der Waals surface area contributed by atoms with Crippen molar-refractivity contribution in [3.63, 3.8) is 0 Å². The summed E-state index contributed by atoms with van der Waals surface area (Å²) in [4.78, 5) is 0. The molecule has 1 aromatic rings. The van der Waals surface area contributed by atoms with Gasteiger partial charge in [0, 0.05) is 6.04 Å². The van der Waals surface area contributed by atoms with Crippen LogP contribution in [0.4, 0.5) is 0 Å². The van der Waals surface area contributed by atoms with Gasteiger partial charge in [-0.15, -0.1) is 0 Å². The first-order valence-electron chi connectivity index (χ1n) is 7.03. The molecule has 0 bridgehead atoms. The van der Waals surface area contributed by atoms with Crippen LogP contribution in [0.3, 0.4) is 0 Å². The van der Waals surface area contributed by atoms with E-state index in [4.69, 9.17) is 0 Å². The van der Waals surface area contributed by atoms with E-state index in [0.29, 0.717) is 6.04 Å². The molecule has 2 rings (SSSR count). The molecule has 1 nitrogen and oxygen atoms in total. The highest BCUT2D eigenvalue weighted by atomic mass is 14.9. The molecular weight excluding hydrogens is 206 g/mol. The van der Waals surface area contributed by atoms with Crippen molar-refractivity contribution >= 4 is 0 Å². The average molecular weight is 231 g/mol. The van der Waals surface area contributed by atoms with Gasteiger partial charge in [-0.3, -0.25) is 0 Å². The number of benzene rings is 1. The van der Waals surface area contributed by atoms with E-state index in [9.17, 15) is 0 Å². The molecule has 0 aliphatic heterocycles. The van der Waals surface area contributed by atoms with E-state index < -0.39 is 0 Å². The van der Waals surface area contributed by atoms with Gasteiger partial charge in [-0.25, -0.2) is 0 Å². The Labute approximate surface area is 106 Å². The minimum Gasteiger partial charge on any atom is -0.314 e. The van der Waals surface area contributed by atoms with Crippen LogP contribution in [-0.2, 0) is 6.42 Å². The molecule has 94 valence electrons. The third-order valence-corrected chi connectivity index (χ3v) is 4.06. The van der Waals surface area contributed by atoms with Crippen molar-refractivity contribution in [3.8, 4) is 0 Å². The zero-order valence-corrected chi connectivity index (χ0v) is 11.2. The largest absolute Gasteiger partial charge is 0.314 e. The van der Waals surface area contributed by atoms with Crippen molar-refractivity contribution < 1.29 is 0 Å². The Morgan fingerprint density at radius 1 is 1.29 bits per heavy atom. The molecule has 1 saturated carbocycles. The second kappa shape index (κ2) is 6.20. The Kier molecular flexibility index (Phi) is 4.61. The van der Waals surface area contributed by atoms with E-state index in [2.05, 4.69) is 43.4 Å². The molecule has 1 fully saturated rings. The summed E-state index contributed by atoms with van der Waals surface area (Å²) in [5, 5.41) is 3.66. The van der Waals surface area contributed by atoms with Gasteiger partial charge in [0.05, 0.1) is 0 Å². The molecule has 0 aromatic heterocycles. The van der Waals surface area contributed by atoms with Gasteiger partial charge in [0.25, 0.3) is 0 Å². The van der Waals surface area contributed by atoms with E-state index in [1.807, 2.05) is 0 Å². The second-order valence-electron chi connectivity index (χ2n) is 5.56. The lowest BCUT2D eigenvalue weighted by molar-refractivity contribution is 0.266. The SMILES string of the molecule is Cc1ccccc1CCNC(C)CC1CCC1. The van der Waals surface area contributed by atoms with Crippen molar-refractivity contribution in [2.45, 2.75) is 52.0 Å². The van der Waals surface area contributed by atoms with Gasteiger partial charge in [-0.05, 0) is 50.3 Å². The first-order chi connectivity index (χ1) is 8.25. The van der Waals surface area contributed by atoms with E-state index in [1.54, 1.807) is 0 Å². The van der Waals surface area contributed by atoms with Gasteiger partial charge in [-0.1, -0.05) is 43.5 Å². The third kappa shape index (κ3) is 3.85. The highest BCUT2D eigenvalue weighted by molar-refractivity contribution is 5.25. The molecule has 0 amide bonds. The number of hydrogen-bond donors (Lipinski definition) is 1. The molecule has 1 atom stereocenters. The highest BCUT2D eigenvalue weighted by Gasteiger charge is 2.19. The predicted octanol–water partition coefficient (Wildman–Crippen LogP) is 3.71. The van der Waals surface area contributed by atoms with Crippen molar-refractivity contribution in [2.75, 3.05) is 6.54 Å². The summed E-state index contributed by atoms with van der Waals surface area (Å²) in [5.74, 6) is 1.01. The zero-order chi connectivity index (χ0) is 12.1. The standard InChI is InChI=1S/C16H25N/c1-13-6-3-4-9-16(13)10-11-17-14(2)12-15-7-5-8-15/h3-4,6,9,14-15,17H,5,7-8,10-12H2,1-2H3. The molecule has 1 heteroatoms. The smallest absolute Gasteiger partial charge is 0.00414 e. The van der Waals surface area contributed by atoms with Crippen molar-refractivity contribution in [2.24, 2.45) is 5.92 Å². The van der Waals surface area contributed by atoms with Gasteiger partial charge in [0.1, 0.15) is 0 Å². The summed E-state index contributed by atoms with van der Waals surface area (Å²) in [6.45, 7) is 5.64. The lowest BCUT2D eigenvalue weighted by atomic mass is 9.81. The molecule has 1 unspecified atom stereocenters. The molecule has 0 saturated heterocycles. The van der Waals surface area contributed by atoms with Crippen LogP contribution in [0, 0.1) is 12.8 Å². The summed E-state index contributed by atoms with van der Waals surface area (Å²) >= 11 is 0. The maximum absolute atomic E-state index is 3.66. The maximum atomic E-state index is 3.66. The van der Waals surface area contributed by atoms with Gasteiger partial charge >= 0.3 is 0 Å². The molecule has 0 spiro atoms. The van der Waals surface area contributed by atoms with Crippen molar-refractivity contribution in [3.05, 3.63) is 35.4 Å². The normalized spacial score (nSPS) is 17.8. The summed E-state index contributed by atoms with van der Waals surface area (Å²) in [6, 6.07) is 9.39. The van der Waals surface area contributed by atoms with Crippen LogP contribution < -0.4 is 5.32 Å². The third-order valence-electron chi connectivity index (χ3n) is 4.06. The van der Waals surface area contributed by atoms with Crippen LogP contribution in [-0.4, -0.2) is 12.6 Å². The van der Waals surface area contributed by atoms with E-state index in [0.717, 1.165) is 18.9 Å². The highest BCUT2D eigenvalue weighted by Crippen LogP contribution is 2.30. The number of aryl methyl sites for hydroxylation is 1. The summed E-state index contributed by atoms with van der Waals surface area (Å²) in [5.41, 5.74) is 2.90. The molecule has 1 aliphatic carbocycles. The van der Waals surface area contributed by atoms with Gasteiger partial charge < -0.3 is 5.32 Å². The Morgan fingerprint density at radius 2 is 2.06 bits per heavy atom. The van der Waals surface area contributed by atoms with Gasteiger partial charge in [-0.2, -0.15) is 0 Å². The second-order valence-corrected chi connectivity index (χ2v) is 5.56. The quantitative estimate of drug-likeness (QED) is 0.787. The Balaban J connectivity index is 1.66. The van der Waals surface area contributed by atoms with Crippen LogP contribution in [0.25, 0.3) is 0 Å². The van der Waals surface area contributed by atoms with Crippen LogP contribution in [0.2, 0.25) is 0 Å². The molecule has 1 aliphatic rings. The monoisotopic (exact) mass is 231 g/mol.